The molecule has 1 aromatic carbocycles. The summed E-state index contributed by atoms with van der Waals surface area (Å²) in [6.07, 6.45) is 7.27. The van der Waals surface area contributed by atoms with Gasteiger partial charge in [0.2, 0.25) is 11.8 Å². The maximum Gasteiger partial charge on any atom is 0.226 e. The van der Waals surface area contributed by atoms with Gasteiger partial charge in [-0.2, -0.15) is 0 Å². The number of pyridine rings is 1. The molecule has 2 aliphatic heterocycles. The van der Waals surface area contributed by atoms with Gasteiger partial charge in [-0.1, -0.05) is 12.1 Å². The number of phenols is 1. The predicted molar refractivity (Wildman–Crippen MR) is 109 cm³/mol. The number of rotatable bonds is 4. The Morgan fingerprint density at radius 3 is 2.38 bits per heavy atom. The molecule has 152 valence electrons. The van der Waals surface area contributed by atoms with Gasteiger partial charge in [-0.05, 0) is 60.1 Å². The van der Waals surface area contributed by atoms with Gasteiger partial charge in [0.05, 0.1) is 6.42 Å². The van der Waals surface area contributed by atoms with Crippen LogP contribution >= 0.6 is 0 Å². The summed E-state index contributed by atoms with van der Waals surface area (Å²) in [6.45, 7) is 2.89. The summed E-state index contributed by atoms with van der Waals surface area (Å²) < 4.78 is 0. The number of carbonyl (C=O) groups is 2. The first-order chi connectivity index (χ1) is 14.0. The molecule has 29 heavy (non-hydrogen) atoms. The maximum absolute atomic E-state index is 12.7. The Labute approximate surface area is 171 Å². The smallest absolute Gasteiger partial charge is 0.226 e. The van der Waals surface area contributed by atoms with Crippen molar-refractivity contribution >= 4 is 11.8 Å². The Kier molecular flexibility index (Phi) is 5.51. The van der Waals surface area contributed by atoms with Crippen LogP contribution in [0.2, 0.25) is 0 Å². The van der Waals surface area contributed by atoms with Crippen LogP contribution in [0.3, 0.4) is 0 Å². The number of piperidine rings is 2. The minimum Gasteiger partial charge on any atom is -0.508 e. The van der Waals surface area contributed by atoms with Crippen LogP contribution in [0.5, 0.6) is 5.75 Å². The van der Waals surface area contributed by atoms with Gasteiger partial charge in [-0.25, -0.2) is 0 Å². The van der Waals surface area contributed by atoms with Crippen molar-refractivity contribution in [2.75, 3.05) is 19.6 Å². The van der Waals surface area contributed by atoms with E-state index in [0.717, 1.165) is 50.0 Å². The molecule has 4 rings (SSSR count). The van der Waals surface area contributed by atoms with Crippen LogP contribution in [-0.4, -0.2) is 51.3 Å². The number of phenolic OH excluding ortho intramolecular Hbond substituents is 1. The fourth-order valence-corrected chi connectivity index (χ4v) is 4.49. The highest BCUT2D eigenvalue weighted by Gasteiger charge is 2.41. The van der Waals surface area contributed by atoms with Crippen LogP contribution < -0.4 is 0 Å². The van der Waals surface area contributed by atoms with E-state index in [9.17, 15) is 14.7 Å². The highest BCUT2D eigenvalue weighted by atomic mass is 16.3. The molecular formula is C23H27N3O3. The van der Waals surface area contributed by atoms with Crippen molar-refractivity contribution in [2.24, 2.45) is 5.41 Å². The second-order valence-corrected chi connectivity index (χ2v) is 8.33. The lowest BCUT2D eigenvalue weighted by Crippen LogP contribution is -2.52. The monoisotopic (exact) mass is 393 g/mol. The van der Waals surface area contributed by atoms with E-state index in [1.54, 1.807) is 36.7 Å². The second-order valence-electron chi connectivity index (χ2n) is 8.33. The van der Waals surface area contributed by atoms with Gasteiger partial charge in [-0.15, -0.1) is 0 Å². The van der Waals surface area contributed by atoms with Crippen LogP contribution in [0.15, 0.2) is 48.8 Å². The highest BCUT2D eigenvalue weighted by Crippen LogP contribution is 2.40. The van der Waals surface area contributed by atoms with Crippen LogP contribution in [0, 0.1) is 5.41 Å². The van der Waals surface area contributed by atoms with Crippen molar-refractivity contribution in [3.05, 3.63) is 59.9 Å². The van der Waals surface area contributed by atoms with Crippen molar-refractivity contribution in [1.82, 2.24) is 14.8 Å². The van der Waals surface area contributed by atoms with E-state index in [1.807, 2.05) is 21.9 Å². The van der Waals surface area contributed by atoms with Gasteiger partial charge in [0.25, 0.3) is 0 Å². The largest absolute Gasteiger partial charge is 0.508 e. The topological polar surface area (TPSA) is 73.7 Å². The number of hydrogen-bond donors (Lipinski definition) is 1. The van der Waals surface area contributed by atoms with Crippen molar-refractivity contribution in [1.29, 1.82) is 0 Å². The van der Waals surface area contributed by atoms with Crippen LogP contribution in [0.4, 0.5) is 0 Å². The minimum absolute atomic E-state index is 0.121. The van der Waals surface area contributed by atoms with E-state index in [0.29, 0.717) is 19.4 Å². The van der Waals surface area contributed by atoms with Gasteiger partial charge in [0.15, 0.2) is 0 Å². The van der Waals surface area contributed by atoms with Crippen LogP contribution in [0.25, 0.3) is 0 Å². The van der Waals surface area contributed by atoms with Crippen molar-refractivity contribution in [3.8, 4) is 5.75 Å². The zero-order valence-corrected chi connectivity index (χ0v) is 16.6. The van der Waals surface area contributed by atoms with Crippen molar-refractivity contribution in [2.45, 2.75) is 38.6 Å². The number of amides is 2. The fourth-order valence-electron chi connectivity index (χ4n) is 4.49. The fraction of sp³-hybridized carbons (Fsp3) is 0.435. The number of hydrogen-bond acceptors (Lipinski definition) is 4. The molecule has 1 spiro atoms. The normalized spacial score (nSPS) is 18.8. The molecule has 1 N–H and O–H groups in total. The summed E-state index contributed by atoms with van der Waals surface area (Å²) in [5.41, 5.74) is 2.14. The summed E-state index contributed by atoms with van der Waals surface area (Å²) in [7, 11) is 0. The molecule has 0 saturated carbocycles. The van der Waals surface area contributed by atoms with E-state index < -0.39 is 0 Å². The third-order valence-electron chi connectivity index (χ3n) is 6.34. The molecule has 0 aliphatic carbocycles. The lowest BCUT2D eigenvalue weighted by Gasteiger charge is -2.47. The van der Waals surface area contributed by atoms with Gasteiger partial charge >= 0.3 is 0 Å². The molecule has 6 nitrogen and oxygen atoms in total. The first-order valence-corrected chi connectivity index (χ1v) is 10.3. The Morgan fingerprint density at radius 1 is 1.00 bits per heavy atom. The number of carbonyl (C=O) groups excluding carboxylic acids is 2. The molecule has 0 unspecified atom stereocenters. The van der Waals surface area contributed by atoms with Gasteiger partial charge in [0.1, 0.15) is 5.75 Å². The van der Waals surface area contributed by atoms with Gasteiger partial charge < -0.3 is 14.9 Å². The molecule has 0 atom stereocenters. The van der Waals surface area contributed by atoms with Gasteiger partial charge in [0, 0.05) is 45.0 Å². The quantitative estimate of drug-likeness (QED) is 0.867. The Bertz CT molecular complexity index is 859. The number of nitrogens with zero attached hydrogens (tertiary/aromatic N) is 3. The number of aromatic nitrogens is 1. The molecule has 0 bridgehead atoms. The summed E-state index contributed by atoms with van der Waals surface area (Å²) in [4.78, 5) is 33.1. The molecule has 2 aromatic rings. The standard InChI is InChI=1S/C23H27N3O3/c27-20-3-1-18(2-4-20)15-22(29)25-13-9-23(10-14-25)8-5-21(28)26(17-23)16-19-6-11-24-12-7-19/h1-4,6-7,11-12,27H,5,8-10,13-17H2. The lowest BCUT2D eigenvalue weighted by atomic mass is 9.72. The third kappa shape index (κ3) is 4.58. The summed E-state index contributed by atoms with van der Waals surface area (Å²) >= 11 is 0. The maximum atomic E-state index is 12.7. The van der Waals surface area contributed by atoms with Crippen molar-refractivity contribution in [3.63, 3.8) is 0 Å². The Balaban J connectivity index is 1.34. The average Bonchev–Trinajstić information content (AvgIpc) is 2.74. The zero-order valence-electron chi connectivity index (χ0n) is 16.6. The Morgan fingerprint density at radius 2 is 1.69 bits per heavy atom. The summed E-state index contributed by atoms with van der Waals surface area (Å²) in [5, 5.41) is 9.39. The first kappa shape index (κ1) is 19.4. The first-order valence-electron chi connectivity index (χ1n) is 10.3. The van der Waals surface area contributed by atoms with E-state index in [2.05, 4.69) is 4.98 Å². The molecule has 2 aliphatic rings. The van der Waals surface area contributed by atoms with Crippen molar-refractivity contribution < 1.29 is 14.7 Å². The van der Waals surface area contributed by atoms with E-state index in [4.69, 9.17) is 0 Å². The molecule has 1 aromatic heterocycles. The number of likely N-dealkylation sites (tertiary alicyclic amines) is 2. The van der Waals surface area contributed by atoms with Crippen LogP contribution in [-0.2, 0) is 22.6 Å². The number of aromatic hydroxyl groups is 1. The molecule has 2 amide bonds. The molecule has 2 saturated heterocycles. The SMILES string of the molecule is O=C(Cc1ccc(O)cc1)N1CCC2(CCC(=O)N(Cc3ccncc3)C2)CC1. The lowest BCUT2D eigenvalue weighted by molar-refractivity contribution is -0.142. The summed E-state index contributed by atoms with van der Waals surface area (Å²) in [6, 6.07) is 10.7. The molecule has 2 fully saturated rings. The van der Waals surface area contributed by atoms with Gasteiger partial charge in [-0.3, -0.25) is 14.6 Å². The highest BCUT2D eigenvalue weighted by molar-refractivity contribution is 5.79. The van der Waals surface area contributed by atoms with Crippen LogP contribution in [0.1, 0.15) is 36.8 Å². The van der Waals surface area contributed by atoms with E-state index in [1.165, 1.54) is 0 Å². The Hall–Kier alpha value is -2.89. The second kappa shape index (κ2) is 8.23. The van der Waals surface area contributed by atoms with E-state index >= 15 is 0 Å². The third-order valence-corrected chi connectivity index (χ3v) is 6.34. The molecule has 0 radical (unpaired) electrons. The molecule has 3 heterocycles. The average molecular weight is 393 g/mol. The zero-order chi connectivity index (χ0) is 20.3. The summed E-state index contributed by atoms with van der Waals surface area (Å²) in [5.74, 6) is 0.564. The minimum atomic E-state index is 0.121. The molecular weight excluding hydrogens is 366 g/mol. The number of benzene rings is 1. The molecule has 6 heteroatoms. The van der Waals surface area contributed by atoms with E-state index in [-0.39, 0.29) is 23.0 Å². The predicted octanol–water partition coefficient (Wildman–Crippen LogP) is 2.76.